The molecule has 0 saturated heterocycles. The fourth-order valence-electron chi connectivity index (χ4n) is 5.21. The molecule has 0 aromatic heterocycles. The van der Waals surface area contributed by atoms with E-state index in [0.29, 0.717) is 12.1 Å². The quantitative estimate of drug-likeness (QED) is 0.196. The number of alkyl carbamates (subject to hydrolysis) is 1. The van der Waals surface area contributed by atoms with E-state index in [9.17, 15) is 14.4 Å². The van der Waals surface area contributed by atoms with Crippen LogP contribution in [0.2, 0.25) is 0 Å². The summed E-state index contributed by atoms with van der Waals surface area (Å²) >= 11 is 0. The van der Waals surface area contributed by atoms with Gasteiger partial charge in [0, 0.05) is 30.6 Å². The van der Waals surface area contributed by atoms with Crippen LogP contribution in [0.15, 0.2) is 103 Å². The van der Waals surface area contributed by atoms with Gasteiger partial charge in [-0.25, -0.2) is 9.59 Å². The highest BCUT2D eigenvalue weighted by atomic mass is 16.5. The van der Waals surface area contributed by atoms with E-state index in [1.165, 1.54) is 0 Å². The van der Waals surface area contributed by atoms with Crippen molar-refractivity contribution in [3.63, 3.8) is 0 Å². The van der Waals surface area contributed by atoms with E-state index in [1.54, 1.807) is 24.3 Å². The van der Waals surface area contributed by atoms with E-state index in [2.05, 4.69) is 40.2 Å². The number of ether oxygens (including phenoxy) is 1. The zero-order chi connectivity index (χ0) is 28.6. The van der Waals surface area contributed by atoms with Crippen molar-refractivity contribution in [3.8, 4) is 11.1 Å². The van der Waals surface area contributed by atoms with Crippen LogP contribution in [0.3, 0.4) is 0 Å². The van der Waals surface area contributed by atoms with Gasteiger partial charge in [0.1, 0.15) is 6.61 Å². The third kappa shape index (κ3) is 7.10. The van der Waals surface area contributed by atoms with Crippen molar-refractivity contribution in [3.05, 3.63) is 125 Å². The third-order valence-corrected chi connectivity index (χ3v) is 7.12. The van der Waals surface area contributed by atoms with E-state index < -0.39 is 18.2 Å². The first kappa shape index (κ1) is 27.5. The molecule has 41 heavy (non-hydrogen) atoms. The monoisotopic (exact) mass is 549 g/mol. The summed E-state index contributed by atoms with van der Waals surface area (Å²) < 4.78 is 5.73. The highest BCUT2D eigenvalue weighted by molar-refractivity contribution is 5.83. The molecule has 3 amide bonds. The van der Waals surface area contributed by atoms with Crippen molar-refractivity contribution in [2.45, 2.75) is 31.3 Å². The van der Waals surface area contributed by atoms with Crippen molar-refractivity contribution in [2.75, 3.05) is 11.9 Å². The van der Waals surface area contributed by atoms with Crippen LogP contribution in [0, 0.1) is 0 Å². The number of nitrogens with one attached hydrogen (secondary N) is 3. The molecule has 4 aromatic carbocycles. The Morgan fingerprint density at radius 3 is 2.00 bits per heavy atom. The van der Waals surface area contributed by atoms with Gasteiger partial charge in [-0.1, -0.05) is 91.0 Å². The molecular formula is C33H31N3O5. The minimum absolute atomic E-state index is 0.0545. The van der Waals surface area contributed by atoms with Crippen LogP contribution in [-0.4, -0.2) is 35.8 Å². The molecule has 0 bridgehead atoms. The first-order valence-electron chi connectivity index (χ1n) is 13.5. The highest BCUT2D eigenvalue weighted by Gasteiger charge is 2.29. The summed E-state index contributed by atoms with van der Waals surface area (Å²) in [6, 6.07) is 32.3. The largest absolute Gasteiger partial charge is 0.465 e. The molecular weight excluding hydrogens is 518 g/mol. The molecule has 4 aromatic rings. The summed E-state index contributed by atoms with van der Waals surface area (Å²) in [5.41, 5.74) is 6.83. The number of carbonyl (C=O) groups excluding carboxylic acids is 2. The normalized spacial score (nSPS) is 12.5. The standard InChI is InChI=1S/C33H31N3O5/c37-31(34-20-23-14-16-24(17-15-23)35-32(38)39)19-25(18-22-8-2-1-3-9-22)36-33(40)41-21-30-28-12-6-4-10-26(28)27-11-5-7-13-29(27)30/h1-17,25,30,35H,18-21H2,(H,34,37)(H,36,40)(H,38,39)/t25-/m1/s1. The summed E-state index contributed by atoms with van der Waals surface area (Å²) in [5.74, 6) is -0.279. The lowest BCUT2D eigenvalue weighted by Crippen LogP contribution is -2.41. The minimum atomic E-state index is -1.14. The fraction of sp³-hybridized carbons (Fsp3) is 0.182. The van der Waals surface area contributed by atoms with Crippen LogP contribution in [-0.2, 0) is 22.5 Å². The Kier molecular flexibility index (Phi) is 8.59. The predicted octanol–water partition coefficient (Wildman–Crippen LogP) is 5.93. The average Bonchev–Trinajstić information content (AvgIpc) is 3.29. The molecule has 0 unspecified atom stereocenters. The van der Waals surface area contributed by atoms with Gasteiger partial charge in [-0.3, -0.25) is 10.1 Å². The first-order valence-corrected chi connectivity index (χ1v) is 13.5. The zero-order valence-electron chi connectivity index (χ0n) is 22.4. The Morgan fingerprint density at radius 2 is 1.37 bits per heavy atom. The molecule has 0 spiro atoms. The zero-order valence-corrected chi connectivity index (χ0v) is 22.4. The van der Waals surface area contributed by atoms with E-state index in [1.807, 2.05) is 54.6 Å². The summed E-state index contributed by atoms with van der Waals surface area (Å²) in [7, 11) is 0. The SMILES string of the molecule is O=C(O)Nc1ccc(CNC(=O)C[C@@H](Cc2ccccc2)NC(=O)OCC2c3ccccc3-c3ccccc32)cc1. The van der Waals surface area contributed by atoms with Gasteiger partial charge in [0.05, 0.1) is 0 Å². The number of carbonyl (C=O) groups is 3. The smallest absolute Gasteiger partial charge is 0.409 e. The van der Waals surface area contributed by atoms with Crippen LogP contribution < -0.4 is 16.0 Å². The number of benzene rings is 4. The van der Waals surface area contributed by atoms with Gasteiger partial charge >= 0.3 is 12.2 Å². The maximum Gasteiger partial charge on any atom is 0.409 e. The van der Waals surface area contributed by atoms with Gasteiger partial charge in [0.15, 0.2) is 0 Å². The molecule has 4 N–H and O–H groups in total. The summed E-state index contributed by atoms with van der Waals surface area (Å²) in [6.45, 7) is 0.464. The van der Waals surface area contributed by atoms with E-state index >= 15 is 0 Å². The Balaban J connectivity index is 1.19. The molecule has 0 fully saturated rings. The van der Waals surface area contributed by atoms with Crippen LogP contribution in [0.4, 0.5) is 15.3 Å². The van der Waals surface area contributed by atoms with Crippen molar-refractivity contribution < 1.29 is 24.2 Å². The average molecular weight is 550 g/mol. The Hall–Kier alpha value is -5.11. The molecule has 1 atom stereocenters. The summed E-state index contributed by atoms with van der Waals surface area (Å²) in [4.78, 5) is 36.6. The molecule has 0 heterocycles. The van der Waals surface area contributed by atoms with Crippen molar-refractivity contribution in [2.24, 2.45) is 0 Å². The Labute approximate surface area is 238 Å². The van der Waals surface area contributed by atoms with Gasteiger partial charge in [-0.2, -0.15) is 0 Å². The number of amides is 3. The van der Waals surface area contributed by atoms with E-state index in [-0.39, 0.29) is 31.4 Å². The summed E-state index contributed by atoms with van der Waals surface area (Å²) in [6.07, 6.45) is -1.17. The van der Waals surface area contributed by atoms with Gasteiger partial charge < -0.3 is 20.5 Å². The molecule has 0 radical (unpaired) electrons. The predicted molar refractivity (Wildman–Crippen MR) is 157 cm³/mol. The third-order valence-electron chi connectivity index (χ3n) is 7.12. The second-order valence-corrected chi connectivity index (χ2v) is 9.96. The minimum Gasteiger partial charge on any atom is -0.465 e. The molecule has 8 heteroatoms. The van der Waals surface area contributed by atoms with Crippen LogP contribution in [0.25, 0.3) is 11.1 Å². The van der Waals surface area contributed by atoms with Crippen molar-refractivity contribution in [1.82, 2.24) is 10.6 Å². The molecule has 5 rings (SSSR count). The Bertz CT molecular complexity index is 1480. The fourth-order valence-corrected chi connectivity index (χ4v) is 5.21. The van der Waals surface area contributed by atoms with Crippen LogP contribution in [0.5, 0.6) is 0 Å². The van der Waals surface area contributed by atoms with Crippen LogP contribution >= 0.6 is 0 Å². The number of carboxylic acid groups (broad SMARTS) is 1. The van der Waals surface area contributed by atoms with E-state index in [0.717, 1.165) is 33.4 Å². The van der Waals surface area contributed by atoms with Gasteiger partial charge in [0.25, 0.3) is 0 Å². The highest BCUT2D eigenvalue weighted by Crippen LogP contribution is 2.44. The lowest BCUT2D eigenvalue weighted by atomic mass is 9.98. The topological polar surface area (TPSA) is 117 Å². The molecule has 1 aliphatic carbocycles. The molecule has 1 aliphatic rings. The molecule has 208 valence electrons. The number of fused-ring (bicyclic) bond motifs is 3. The number of hydrogen-bond donors (Lipinski definition) is 4. The molecule has 8 nitrogen and oxygen atoms in total. The number of hydrogen-bond acceptors (Lipinski definition) is 4. The second-order valence-electron chi connectivity index (χ2n) is 9.96. The second kappa shape index (κ2) is 12.8. The Morgan fingerprint density at radius 1 is 0.756 bits per heavy atom. The maximum absolute atomic E-state index is 13.0. The van der Waals surface area contributed by atoms with Gasteiger partial charge in [-0.15, -0.1) is 0 Å². The van der Waals surface area contributed by atoms with Gasteiger partial charge in [0.2, 0.25) is 5.91 Å². The van der Waals surface area contributed by atoms with Crippen LogP contribution in [0.1, 0.15) is 34.6 Å². The molecule has 0 saturated carbocycles. The lowest BCUT2D eigenvalue weighted by molar-refractivity contribution is -0.121. The number of rotatable bonds is 10. The molecule has 0 aliphatic heterocycles. The van der Waals surface area contributed by atoms with Gasteiger partial charge in [-0.05, 0) is 51.9 Å². The van der Waals surface area contributed by atoms with E-state index in [4.69, 9.17) is 9.84 Å². The van der Waals surface area contributed by atoms with Crippen molar-refractivity contribution in [1.29, 1.82) is 0 Å². The maximum atomic E-state index is 13.0. The first-order chi connectivity index (χ1) is 20.0. The number of anilines is 1. The lowest BCUT2D eigenvalue weighted by Gasteiger charge is -2.20. The van der Waals surface area contributed by atoms with Crippen molar-refractivity contribution >= 4 is 23.8 Å². The summed E-state index contributed by atoms with van der Waals surface area (Å²) in [5, 5.41) is 16.9.